The molecule has 20 heavy (non-hydrogen) atoms. The fraction of sp³-hybridized carbons (Fsp3) is 0.462. The number of esters is 2. The zero-order valence-electron chi connectivity index (χ0n) is 11.8. The van der Waals surface area contributed by atoms with Gasteiger partial charge in [0.15, 0.2) is 0 Å². The maximum absolute atomic E-state index is 11.8. The Bertz CT molecular complexity index is 526. The molecule has 110 valence electrons. The normalized spacial score (nSPS) is 12.7. The van der Waals surface area contributed by atoms with Gasteiger partial charge in [-0.25, -0.2) is 14.6 Å². The first-order chi connectivity index (χ1) is 9.15. The highest BCUT2D eigenvalue weighted by Gasteiger charge is 2.25. The molecule has 1 unspecified atom stereocenters. The Morgan fingerprint density at radius 2 is 1.95 bits per heavy atom. The van der Waals surface area contributed by atoms with Gasteiger partial charge in [0.2, 0.25) is 0 Å². The van der Waals surface area contributed by atoms with Crippen LogP contribution in [-0.2, 0) is 14.3 Å². The quantitative estimate of drug-likeness (QED) is 0.677. The Balaban J connectivity index is 2.95. The standard InChI is InChI=1S/C13H17ClN2O4/c1-13(2,3)20-12(18)9(15)8-6-5-7(10(14)16-8)11(17)19-4/h5-6,9H,15H2,1-4H3. The van der Waals surface area contributed by atoms with Gasteiger partial charge in [-0.2, -0.15) is 0 Å². The van der Waals surface area contributed by atoms with E-state index in [1.54, 1.807) is 20.8 Å². The number of halogens is 1. The molecule has 0 fully saturated rings. The Hall–Kier alpha value is -1.66. The molecule has 1 atom stereocenters. The first-order valence-corrected chi connectivity index (χ1v) is 6.26. The number of aromatic nitrogens is 1. The molecular weight excluding hydrogens is 284 g/mol. The van der Waals surface area contributed by atoms with Crippen LogP contribution in [-0.4, -0.2) is 29.6 Å². The van der Waals surface area contributed by atoms with E-state index in [1.165, 1.54) is 19.2 Å². The van der Waals surface area contributed by atoms with Crippen molar-refractivity contribution >= 4 is 23.5 Å². The summed E-state index contributed by atoms with van der Waals surface area (Å²) >= 11 is 5.87. The summed E-state index contributed by atoms with van der Waals surface area (Å²) in [5.74, 6) is -1.23. The maximum Gasteiger partial charge on any atom is 0.341 e. The average Bonchev–Trinajstić information content (AvgIpc) is 2.34. The Kier molecular flexibility index (Phi) is 5.08. The van der Waals surface area contributed by atoms with Crippen molar-refractivity contribution in [1.29, 1.82) is 0 Å². The molecule has 0 amide bonds. The molecule has 2 N–H and O–H groups in total. The van der Waals surface area contributed by atoms with Crippen molar-refractivity contribution in [3.63, 3.8) is 0 Å². The Morgan fingerprint density at radius 1 is 1.35 bits per heavy atom. The van der Waals surface area contributed by atoms with Crippen molar-refractivity contribution in [2.45, 2.75) is 32.4 Å². The van der Waals surface area contributed by atoms with Gasteiger partial charge >= 0.3 is 11.9 Å². The van der Waals surface area contributed by atoms with E-state index in [0.29, 0.717) is 0 Å². The van der Waals surface area contributed by atoms with Gasteiger partial charge in [-0.15, -0.1) is 0 Å². The van der Waals surface area contributed by atoms with E-state index in [-0.39, 0.29) is 16.4 Å². The second kappa shape index (κ2) is 6.19. The lowest BCUT2D eigenvalue weighted by Gasteiger charge is -2.22. The summed E-state index contributed by atoms with van der Waals surface area (Å²) in [7, 11) is 1.24. The number of methoxy groups -OCH3 is 1. The average molecular weight is 301 g/mol. The number of hydrogen-bond acceptors (Lipinski definition) is 6. The van der Waals surface area contributed by atoms with Gasteiger partial charge < -0.3 is 15.2 Å². The monoisotopic (exact) mass is 300 g/mol. The molecule has 0 aliphatic heterocycles. The third kappa shape index (κ3) is 4.18. The minimum atomic E-state index is -1.07. The summed E-state index contributed by atoms with van der Waals surface area (Å²) in [4.78, 5) is 27.1. The first-order valence-electron chi connectivity index (χ1n) is 5.89. The van der Waals surface area contributed by atoms with Crippen LogP contribution in [0.25, 0.3) is 0 Å². The number of carbonyl (C=O) groups excluding carboxylic acids is 2. The SMILES string of the molecule is COC(=O)c1ccc(C(N)C(=O)OC(C)(C)C)nc1Cl. The van der Waals surface area contributed by atoms with Crippen molar-refractivity contribution in [3.05, 3.63) is 28.5 Å². The number of hydrogen-bond donors (Lipinski definition) is 1. The van der Waals surface area contributed by atoms with E-state index in [4.69, 9.17) is 22.1 Å². The molecule has 0 bridgehead atoms. The van der Waals surface area contributed by atoms with Crippen LogP contribution in [0.4, 0.5) is 0 Å². The van der Waals surface area contributed by atoms with Gasteiger partial charge in [-0.05, 0) is 32.9 Å². The predicted molar refractivity (Wildman–Crippen MR) is 73.4 cm³/mol. The molecule has 0 saturated carbocycles. The maximum atomic E-state index is 11.8. The number of ether oxygens (including phenoxy) is 2. The van der Waals surface area contributed by atoms with Crippen LogP contribution in [0.1, 0.15) is 42.9 Å². The Morgan fingerprint density at radius 3 is 2.40 bits per heavy atom. The molecule has 1 rings (SSSR count). The molecule has 0 spiro atoms. The molecule has 1 aromatic heterocycles. The van der Waals surface area contributed by atoms with Crippen LogP contribution in [0, 0.1) is 0 Å². The minimum Gasteiger partial charge on any atom is -0.465 e. The van der Waals surface area contributed by atoms with Crippen molar-refractivity contribution in [3.8, 4) is 0 Å². The molecule has 0 saturated heterocycles. The lowest BCUT2D eigenvalue weighted by molar-refractivity contribution is -0.156. The van der Waals surface area contributed by atoms with Crippen LogP contribution < -0.4 is 5.73 Å². The molecule has 1 aromatic rings. The van der Waals surface area contributed by atoms with Crippen molar-refractivity contribution in [2.75, 3.05) is 7.11 Å². The van der Waals surface area contributed by atoms with E-state index in [1.807, 2.05) is 0 Å². The third-order valence-corrected chi connectivity index (χ3v) is 2.54. The van der Waals surface area contributed by atoms with Gasteiger partial charge in [0.05, 0.1) is 18.4 Å². The predicted octanol–water partition coefficient (Wildman–Crippen LogP) is 1.86. The fourth-order valence-electron chi connectivity index (χ4n) is 1.37. The highest BCUT2D eigenvalue weighted by atomic mass is 35.5. The molecule has 7 heteroatoms. The summed E-state index contributed by atoms with van der Waals surface area (Å²) in [5, 5.41) is -0.0756. The zero-order chi connectivity index (χ0) is 15.5. The highest BCUT2D eigenvalue weighted by molar-refractivity contribution is 6.32. The van der Waals surface area contributed by atoms with E-state index < -0.39 is 23.6 Å². The molecule has 0 aliphatic carbocycles. The highest BCUT2D eigenvalue weighted by Crippen LogP contribution is 2.20. The van der Waals surface area contributed by atoms with E-state index >= 15 is 0 Å². The summed E-state index contributed by atoms with van der Waals surface area (Å²) < 4.78 is 9.70. The van der Waals surface area contributed by atoms with Gasteiger partial charge in [0, 0.05) is 0 Å². The van der Waals surface area contributed by atoms with Gasteiger partial charge in [-0.1, -0.05) is 11.6 Å². The molecular formula is C13H17ClN2O4. The number of nitrogens with two attached hydrogens (primary N) is 1. The fourth-order valence-corrected chi connectivity index (χ4v) is 1.61. The first kappa shape index (κ1) is 16.4. The van der Waals surface area contributed by atoms with Crippen molar-refractivity contribution in [1.82, 2.24) is 4.98 Å². The molecule has 1 heterocycles. The van der Waals surface area contributed by atoms with E-state index in [9.17, 15) is 9.59 Å². The lowest BCUT2D eigenvalue weighted by Crippen LogP contribution is -2.32. The third-order valence-electron chi connectivity index (χ3n) is 2.25. The zero-order valence-corrected chi connectivity index (χ0v) is 12.5. The van der Waals surface area contributed by atoms with Crippen molar-refractivity contribution < 1.29 is 19.1 Å². The lowest BCUT2D eigenvalue weighted by atomic mass is 10.1. The van der Waals surface area contributed by atoms with Crippen LogP contribution in [0.2, 0.25) is 5.15 Å². The van der Waals surface area contributed by atoms with Crippen LogP contribution in [0.15, 0.2) is 12.1 Å². The summed E-state index contributed by atoms with van der Waals surface area (Å²) in [5.41, 5.74) is 5.44. The van der Waals surface area contributed by atoms with E-state index in [0.717, 1.165) is 0 Å². The van der Waals surface area contributed by atoms with Gasteiger partial charge in [0.1, 0.15) is 16.8 Å². The number of pyridine rings is 1. The molecule has 0 aliphatic rings. The summed E-state index contributed by atoms with van der Waals surface area (Å²) in [6.07, 6.45) is 0. The molecule has 0 aromatic carbocycles. The largest absolute Gasteiger partial charge is 0.465 e. The van der Waals surface area contributed by atoms with Crippen molar-refractivity contribution in [2.24, 2.45) is 5.73 Å². The van der Waals surface area contributed by atoms with Gasteiger partial charge in [-0.3, -0.25) is 0 Å². The summed E-state index contributed by atoms with van der Waals surface area (Å²) in [6.45, 7) is 5.20. The van der Waals surface area contributed by atoms with Gasteiger partial charge in [0.25, 0.3) is 0 Å². The number of nitrogens with zero attached hydrogens (tertiary/aromatic N) is 1. The number of rotatable bonds is 3. The second-order valence-corrected chi connectivity index (χ2v) is 5.44. The van der Waals surface area contributed by atoms with Crippen LogP contribution in [0.5, 0.6) is 0 Å². The van der Waals surface area contributed by atoms with Crippen LogP contribution >= 0.6 is 11.6 Å². The minimum absolute atomic E-state index is 0.0756. The molecule has 6 nitrogen and oxygen atoms in total. The number of carbonyl (C=O) groups is 2. The second-order valence-electron chi connectivity index (χ2n) is 5.08. The topological polar surface area (TPSA) is 91.5 Å². The summed E-state index contributed by atoms with van der Waals surface area (Å²) in [6, 6.07) is 1.77. The Labute approximate surface area is 122 Å². The molecule has 0 radical (unpaired) electrons. The smallest absolute Gasteiger partial charge is 0.341 e. The van der Waals surface area contributed by atoms with Crippen LogP contribution in [0.3, 0.4) is 0 Å². The van der Waals surface area contributed by atoms with E-state index in [2.05, 4.69) is 9.72 Å².